The third-order valence-corrected chi connectivity index (χ3v) is 3.10. The van der Waals surface area contributed by atoms with Gasteiger partial charge in [-0.25, -0.2) is 0 Å². The number of hydrogen-bond acceptors (Lipinski definition) is 1. The molecule has 0 aromatic heterocycles. The molecular formula is C12H21N. The molecule has 0 atom stereocenters. The molecule has 1 nitrogen and oxygen atoms in total. The van der Waals surface area contributed by atoms with Crippen LogP contribution >= 0.6 is 0 Å². The molecule has 0 aliphatic heterocycles. The van der Waals surface area contributed by atoms with Crippen molar-refractivity contribution in [3.8, 4) is 6.07 Å². The Morgan fingerprint density at radius 3 is 2.23 bits per heavy atom. The molecule has 1 heteroatoms. The lowest BCUT2D eigenvalue weighted by molar-refractivity contribution is 0.517. The van der Waals surface area contributed by atoms with Crippen LogP contribution in [0.15, 0.2) is 0 Å². The first-order valence-corrected chi connectivity index (χ1v) is 5.74. The zero-order valence-electron chi connectivity index (χ0n) is 8.81. The summed E-state index contributed by atoms with van der Waals surface area (Å²) in [4.78, 5) is 0. The molecule has 0 heterocycles. The maximum absolute atomic E-state index is 8.85. The van der Waals surface area contributed by atoms with Crippen molar-refractivity contribution in [2.75, 3.05) is 0 Å². The highest BCUT2D eigenvalue weighted by Gasteiger charge is 2.41. The molecule has 0 bridgehead atoms. The van der Waals surface area contributed by atoms with E-state index in [4.69, 9.17) is 5.26 Å². The third kappa shape index (κ3) is 3.81. The number of rotatable bonds is 7. The van der Waals surface area contributed by atoms with Gasteiger partial charge in [0.15, 0.2) is 0 Å². The first-order chi connectivity index (χ1) is 6.33. The van der Waals surface area contributed by atoms with Gasteiger partial charge in [0.05, 0.1) is 11.5 Å². The molecular weight excluding hydrogens is 158 g/mol. The van der Waals surface area contributed by atoms with Crippen molar-refractivity contribution in [3.63, 3.8) is 0 Å². The molecule has 0 N–H and O–H groups in total. The maximum Gasteiger partial charge on any atom is 0.0689 e. The largest absolute Gasteiger partial charge is 0.198 e. The van der Waals surface area contributed by atoms with Gasteiger partial charge in [-0.1, -0.05) is 45.4 Å². The van der Waals surface area contributed by atoms with Crippen molar-refractivity contribution in [1.82, 2.24) is 0 Å². The van der Waals surface area contributed by atoms with Gasteiger partial charge in [-0.05, 0) is 19.3 Å². The topological polar surface area (TPSA) is 23.8 Å². The van der Waals surface area contributed by atoms with Crippen LogP contribution < -0.4 is 0 Å². The Labute approximate surface area is 82.1 Å². The Kier molecular flexibility index (Phi) is 4.28. The van der Waals surface area contributed by atoms with E-state index in [0.29, 0.717) is 0 Å². The quantitative estimate of drug-likeness (QED) is 0.541. The fraction of sp³-hybridized carbons (Fsp3) is 0.917. The molecule has 1 aliphatic carbocycles. The summed E-state index contributed by atoms with van der Waals surface area (Å²) in [5.41, 5.74) is 0.144. The molecule has 0 unspecified atom stereocenters. The maximum atomic E-state index is 8.85. The summed E-state index contributed by atoms with van der Waals surface area (Å²) in [5, 5.41) is 8.85. The van der Waals surface area contributed by atoms with Gasteiger partial charge in [0.1, 0.15) is 0 Å². The number of unbranched alkanes of at least 4 members (excludes halogenated alkanes) is 5. The van der Waals surface area contributed by atoms with Crippen LogP contribution in [-0.4, -0.2) is 0 Å². The number of nitriles is 1. The van der Waals surface area contributed by atoms with E-state index in [9.17, 15) is 0 Å². The fourth-order valence-electron chi connectivity index (χ4n) is 1.81. The molecule has 0 spiro atoms. The molecule has 1 rings (SSSR count). The van der Waals surface area contributed by atoms with Crippen molar-refractivity contribution in [1.29, 1.82) is 5.26 Å². The van der Waals surface area contributed by atoms with Crippen LogP contribution in [0.1, 0.15) is 64.7 Å². The van der Waals surface area contributed by atoms with Gasteiger partial charge >= 0.3 is 0 Å². The third-order valence-electron chi connectivity index (χ3n) is 3.10. The van der Waals surface area contributed by atoms with Gasteiger partial charge < -0.3 is 0 Å². The Morgan fingerprint density at radius 2 is 1.69 bits per heavy atom. The van der Waals surface area contributed by atoms with E-state index in [1.807, 2.05) is 0 Å². The molecule has 1 fully saturated rings. The van der Waals surface area contributed by atoms with Crippen LogP contribution in [0.25, 0.3) is 0 Å². The minimum atomic E-state index is 0.144. The van der Waals surface area contributed by atoms with Gasteiger partial charge in [0.2, 0.25) is 0 Å². The van der Waals surface area contributed by atoms with Crippen LogP contribution in [0.3, 0.4) is 0 Å². The summed E-state index contributed by atoms with van der Waals surface area (Å²) in [6.07, 6.45) is 11.6. The van der Waals surface area contributed by atoms with Crippen LogP contribution in [-0.2, 0) is 0 Å². The summed E-state index contributed by atoms with van der Waals surface area (Å²) in [6.45, 7) is 2.24. The van der Waals surface area contributed by atoms with Crippen LogP contribution in [0.2, 0.25) is 0 Å². The Bertz CT molecular complexity index is 174. The smallest absolute Gasteiger partial charge is 0.0689 e. The molecule has 0 saturated heterocycles. The van der Waals surface area contributed by atoms with Gasteiger partial charge in [-0.3, -0.25) is 0 Å². The zero-order valence-corrected chi connectivity index (χ0v) is 8.81. The lowest BCUT2D eigenvalue weighted by Crippen LogP contribution is -1.95. The molecule has 1 aliphatic rings. The lowest BCUT2D eigenvalue weighted by Gasteiger charge is -2.04. The summed E-state index contributed by atoms with van der Waals surface area (Å²) in [7, 11) is 0. The summed E-state index contributed by atoms with van der Waals surface area (Å²) < 4.78 is 0. The van der Waals surface area contributed by atoms with E-state index in [1.165, 1.54) is 51.4 Å². The molecule has 0 radical (unpaired) electrons. The fourth-order valence-corrected chi connectivity index (χ4v) is 1.81. The highest BCUT2D eigenvalue weighted by molar-refractivity contribution is 5.09. The molecule has 0 aromatic carbocycles. The first kappa shape index (κ1) is 10.6. The zero-order chi connectivity index (χ0) is 9.57. The predicted octanol–water partition coefficient (Wildman–Crippen LogP) is 4.04. The van der Waals surface area contributed by atoms with Crippen molar-refractivity contribution >= 4 is 0 Å². The minimum Gasteiger partial charge on any atom is -0.198 e. The summed E-state index contributed by atoms with van der Waals surface area (Å²) in [6, 6.07) is 2.45. The highest BCUT2D eigenvalue weighted by Crippen LogP contribution is 2.49. The van der Waals surface area contributed by atoms with E-state index < -0.39 is 0 Å². The van der Waals surface area contributed by atoms with Crippen molar-refractivity contribution < 1.29 is 0 Å². The van der Waals surface area contributed by atoms with E-state index in [-0.39, 0.29) is 5.41 Å². The van der Waals surface area contributed by atoms with Crippen molar-refractivity contribution in [2.45, 2.75) is 64.7 Å². The Balaban J connectivity index is 1.88. The minimum absolute atomic E-state index is 0.144. The van der Waals surface area contributed by atoms with Crippen LogP contribution in [0, 0.1) is 16.7 Å². The molecule has 13 heavy (non-hydrogen) atoms. The second kappa shape index (κ2) is 5.27. The molecule has 0 amide bonds. The normalized spacial score (nSPS) is 18.2. The van der Waals surface area contributed by atoms with Crippen LogP contribution in [0.4, 0.5) is 0 Å². The van der Waals surface area contributed by atoms with Gasteiger partial charge in [0, 0.05) is 0 Å². The van der Waals surface area contributed by atoms with Crippen molar-refractivity contribution in [3.05, 3.63) is 0 Å². The standard InChI is InChI=1S/C12H21N/c1-2-3-4-5-6-7-8-12(11-13)9-10-12/h2-10H2,1H3. The Hall–Kier alpha value is -0.510. The van der Waals surface area contributed by atoms with E-state index in [2.05, 4.69) is 13.0 Å². The van der Waals surface area contributed by atoms with Crippen molar-refractivity contribution in [2.24, 2.45) is 5.41 Å². The van der Waals surface area contributed by atoms with Gasteiger partial charge in [-0.15, -0.1) is 0 Å². The average molecular weight is 179 g/mol. The highest BCUT2D eigenvalue weighted by atomic mass is 14.5. The number of nitrogens with zero attached hydrogens (tertiary/aromatic N) is 1. The number of hydrogen-bond donors (Lipinski definition) is 0. The van der Waals surface area contributed by atoms with Gasteiger partial charge in [0.25, 0.3) is 0 Å². The second-order valence-corrected chi connectivity index (χ2v) is 4.41. The Morgan fingerprint density at radius 1 is 1.08 bits per heavy atom. The first-order valence-electron chi connectivity index (χ1n) is 5.74. The van der Waals surface area contributed by atoms with E-state index in [0.717, 1.165) is 6.42 Å². The lowest BCUT2D eigenvalue weighted by atomic mass is 9.99. The van der Waals surface area contributed by atoms with E-state index >= 15 is 0 Å². The second-order valence-electron chi connectivity index (χ2n) is 4.41. The van der Waals surface area contributed by atoms with E-state index in [1.54, 1.807) is 0 Å². The summed E-state index contributed by atoms with van der Waals surface area (Å²) in [5.74, 6) is 0. The predicted molar refractivity (Wildman–Crippen MR) is 55.3 cm³/mol. The monoisotopic (exact) mass is 179 g/mol. The molecule has 1 saturated carbocycles. The molecule has 0 aromatic rings. The molecule has 74 valence electrons. The average Bonchev–Trinajstić information content (AvgIpc) is 2.92. The SMILES string of the molecule is CCCCCCCCC1(C#N)CC1. The summed E-state index contributed by atoms with van der Waals surface area (Å²) >= 11 is 0. The van der Waals surface area contributed by atoms with Gasteiger partial charge in [-0.2, -0.15) is 5.26 Å². The van der Waals surface area contributed by atoms with Crippen LogP contribution in [0.5, 0.6) is 0 Å².